The largest absolute Gasteiger partial charge is 0.356 e. The molecule has 3 fully saturated rings. The van der Waals surface area contributed by atoms with Crippen molar-refractivity contribution in [1.29, 1.82) is 0 Å². The van der Waals surface area contributed by atoms with Gasteiger partial charge < -0.3 is 19.7 Å². The Morgan fingerprint density at radius 1 is 1.13 bits per heavy atom. The molecule has 2 saturated heterocycles. The molecule has 2 aliphatic heterocycles. The van der Waals surface area contributed by atoms with Crippen LogP contribution in [0.25, 0.3) is 0 Å². The van der Waals surface area contributed by atoms with Gasteiger partial charge >= 0.3 is 0 Å². The smallest absolute Gasteiger partial charge is 0.225 e. The monoisotopic (exact) mass is 318 g/mol. The predicted octanol–water partition coefficient (Wildman–Crippen LogP) is 2.48. The summed E-state index contributed by atoms with van der Waals surface area (Å²) in [5.74, 6) is 1.47. The summed E-state index contributed by atoms with van der Waals surface area (Å²) in [6.07, 6.45) is 6.89. The van der Waals surface area contributed by atoms with E-state index in [0.717, 1.165) is 56.6 Å². The van der Waals surface area contributed by atoms with Crippen LogP contribution in [0.3, 0.4) is 0 Å². The van der Waals surface area contributed by atoms with Crippen LogP contribution in [0, 0.1) is 6.92 Å². The highest BCUT2D eigenvalue weighted by Crippen LogP contribution is 2.33. The fraction of sp³-hybridized carbons (Fsp3) is 0.765. The van der Waals surface area contributed by atoms with E-state index in [9.17, 15) is 0 Å². The normalized spacial score (nSPS) is 24.5. The molecule has 0 unspecified atom stereocenters. The van der Waals surface area contributed by atoms with Crippen LogP contribution in [0.2, 0.25) is 0 Å². The number of hydrogen-bond donors (Lipinski definition) is 1. The minimum Gasteiger partial charge on any atom is -0.356 e. The molecule has 4 rings (SSSR count). The molecule has 1 N–H and O–H groups in total. The van der Waals surface area contributed by atoms with Crippen molar-refractivity contribution in [1.82, 2.24) is 9.97 Å². The first-order chi connectivity index (χ1) is 11.2. The van der Waals surface area contributed by atoms with Gasteiger partial charge in [0, 0.05) is 43.7 Å². The van der Waals surface area contributed by atoms with E-state index in [4.69, 9.17) is 14.5 Å². The first kappa shape index (κ1) is 15.1. The molecule has 126 valence electrons. The van der Waals surface area contributed by atoms with Gasteiger partial charge in [-0.15, -0.1) is 0 Å². The quantitative estimate of drug-likeness (QED) is 0.924. The SMILES string of the molecule is Cc1cc(N2CCC3(CC2)OCCO3)nc(NC2CCCC2)n1. The molecule has 0 radical (unpaired) electrons. The van der Waals surface area contributed by atoms with E-state index >= 15 is 0 Å². The van der Waals surface area contributed by atoms with Gasteiger partial charge in [0.15, 0.2) is 5.79 Å². The van der Waals surface area contributed by atoms with Crippen LogP contribution < -0.4 is 10.2 Å². The van der Waals surface area contributed by atoms with Crippen LogP contribution in [-0.2, 0) is 9.47 Å². The molecule has 0 bridgehead atoms. The van der Waals surface area contributed by atoms with E-state index in [1.807, 2.05) is 6.92 Å². The second kappa shape index (κ2) is 6.24. The summed E-state index contributed by atoms with van der Waals surface area (Å²) in [5, 5.41) is 3.51. The van der Waals surface area contributed by atoms with Crippen LogP contribution in [0.15, 0.2) is 6.07 Å². The highest BCUT2D eigenvalue weighted by Gasteiger charge is 2.40. The van der Waals surface area contributed by atoms with Crippen molar-refractivity contribution in [3.63, 3.8) is 0 Å². The van der Waals surface area contributed by atoms with Crippen molar-refractivity contribution in [3.05, 3.63) is 11.8 Å². The number of nitrogens with one attached hydrogen (secondary N) is 1. The summed E-state index contributed by atoms with van der Waals surface area (Å²) in [6, 6.07) is 2.61. The number of aromatic nitrogens is 2. The average Bonchev–Trinajstić information content (AvgIpc) is 3.20. The Morgan fingerprint density at radius 3 is 2.52 bits per heavy atom. The maximum Gasteiger partial charge on any atom is 0.225 e. The molecule has 3 aliphatic rings. The number of rotatable bonds is 3. The summed E-state index contributed by atoms with van der Waals surface area (Å²) >= 11 is 0. The Labute approximate surface area is 137 Å². The second-order valence-electron chi connectivity index (χ2n) is 6.91. The molecule has 0 aromatic carbocycles. The Hall–Kier alpha value is -1.40. The second-order valence-corrected chi connectivity index (χ2v) is 6.91. The molecule has 1 aromatic heterocycles. The molecule has 1 aromatic rings. The molecule has 1 saturated carbocycles. The number of nitrogens with zero attached hydrogens (tertiary/aromatic N) is 3. The lowest BCUT2D eigenvalue weighted by Gasteiger charge is -2.38. The Kier molecular flexibility index (Phi) is 4.11. The van der Waals surface area contributed by atoms with Gasteiger partial charge in [-0.1, -0.05) is 12.8 Å². The molecule has 0 amide bonds. The lowest BCUT2D eigenvalue weighted by atomic mass is 10.0. The minimum absolute atomic E-state index is 0.330. The standard InChI is InChI=1S/C17H26N4O2/c1-13-12-15(20-16(18-13)19-14-4-2-3-5-14)21-8-6-17(7-9-21)22-10-11-23-17/h12,14H,2-11H2,1H3,(H,18,19,20). The zero-order chi connectivity index (χ0) is 15.7. The molecule has 1 spiro atoms. The summed E-state index contributed by atoms with van der Waals surface area (Å²) < 4.78 is 11.6. The van der Waals surface area contributed by atoms with Crippen molar-refractivity contribution in [2.45, 2.75) is 57.3 Å². The summed E-state index contributed by atoms with van der Waals surface area (Å²) in [5.41, 5.74) is 1.02. The van der Waals surface area contributed by atoms with Crippen molar-refractivity contribution >= 4 is 11.8 Å². The van der Waals surface area contributed by atoms with Gasteiger partial charge in [-0.25, -0.2) is 4.98 Å². The van der Waals surface area contributed by atoms with Crippen LogP contribution in [0.1, 0.15) is 44.2 Å². The zero-order valence-electron chi connectivity index (χ0n) is 13.9. The van der Waals surface area contributed by atoms with Crippen LogP contribution in [0.5, 0.6) is 0 Å². The van der Waals surface area contributed by atoms with Crippen LogP contribution in [-0.4, -0.2) is 48.1 Å². The molecule has 0 atom stereocenters. The average molecular weight is 318 g/mol. The number of anilines is 2. The fourth-order valence-electron chi connectivity index (χ4n) is 3.89. The van der Waals surface area contributed by atoms with E-state index in [2.05, 4.69) is 21.3 Å². The first-order valence-electron chi connectivity index (χ1n) is 8.88. The van der Waals surface area contributed by atoms with E-state index in [-0.39, 0.29) is 5.79 Å². The molecule has 23 heavy (non-hydrogen) atoms. The topological polar surface area (TPSA) is 59.5 Å². The van der Waals surface area contributed by atoms with Gasteiger partial charge in [-0.3, -0.25) is 0 Å². The van der Waals surface area contributed by atoms with Crippen LogP contribution >= 0.6 is 0 Å². The maximum atomic E-state index is 5.81. The molecular weight excluding hydrogens is 292 g/mol. The van der Waals surface area contributed by atoms with Gasteiger partial charge in [-0.2, -0.15) is 4.98 Å². The zero-order valence-corrected chi connectivity index (χ0v) is 13.9. The van der Waals surface area contributed by atoms with Crippen molar-refractivity contribution in [3.8, 4) is 0 Å². The van der Waals surface area contributed by atoms with Gasteiger partial charge in [0.05, 0.1) is 13.2 Å². The third kappa shape index (κ3) is 3.28. The summed E-state index contributed by atoms with van der Waals surface area (Å²) in [7, 11) is 0. The third-order valence-corrected chi connectivity index (χ3v) is 5.19. The van der Waals surface area contributed by atoms with Crippen molar-refractivity contribution in [2.75, 3.05) is 36.5 Å². The third-order valence-electron chi connectivity index (χ3n) is 5.19. The minimum atomic E-state index is -0.330. The summed E-state index contributed by atoms with van der Waals surface area (Å²) in [4.78, 5) is 11.6. The number of hydrogen-bond acceptors (Lipinski definition) is 6. The Balaban J connectivity index is 1.45. The van der Waals surface area contributed by atoms with E-state index in [1.165, 1.54) is 25.7 Å². The highest BCUT2D eigenvalue weighted by molar-refractivity contribution is 5.45. The van der Waals surface area contributed by atoms with Crippen molar-refractivity contribution in [2.24, 2.45) is 0 Å². The van der Waals surface area contributed by atoms with Crippen LogP contribution in [0.4, 0.5) is 11.8 Å². The molecule has 6 nitrogen and oxygen atoms in total. The van der Waals surface area contributed by atoms with E-state index in [1.54, 1.807) is 0 Å². The number of aryl methyl sites for hydroxylation is 1. The van der Waals surface area contributed by atoms with Gasteiger partial charge in [-0.05, 0) is 19.8 Å². The first-order valence-corrected chi connectivity index (χ1v) is 8.88. The Bertz CT molecular complexity index is 544. The lowest BCUT2D eigenvalue weighted by Crippen LogP contribution is -2.45. The molecule has 6 heteroatoms. The molecule has 3 heterocycles. The van der Waals surface area contributed by atoms with E-state index in [0.29, 0.717) is 6.04 Å². The molecular formula is C17H26N4O2. The maximum absolute atomic E-state index is 5.81. The van der Waals surface area contributed by atoms with Gasteiger partial charge in [0.1, 0.15) is 5.82 Å². The van der Waals surface area contributed by atoms with Crippen molar-refractivity contribution < 1.29 is 9.47 Å². The lowest BCUT2D eigenvalue weighted by molar-refractivity contribution is -0.169. The van der Waals surface area contributed by atoms with Gasteiger partial charge in [0.25, 0.3) is 0 Å². The fourth-order valence-corrected chi connectivity index (χ4v) is 3.89. The van der Waals surface area contributed by atoms with E-state index < -0.39 is 0 Å². The number of ether oxygens (including phenoxy) is 2. The van der Waals surface area contributed by atoms with Gasteiger partial charge in [0.2, 0.25) is 5.95 Å². The molecule has 1 aliphatic carbocycles. The predicted molar refractivity (Wildman–Crippen MR) is 88.7 cm³/mol. The number of piperidine rings is 1. The highest BCUT2D eigenvalue weighted by atomic mass is 16.7. The summed E-state index contributed by atoms with van der Waals surface area (Å²) in [6.45, 7) is 5.32. The Morgan fingerprint density at radius 2 is 1.83 bits per heavy atom.